The van der Waals surface area contributed by atoms with Gasteiger partial charge in [0.2, 0.25) is 5.91 Å². The monoisotopic (exact) mass is 799 g/mol. The van der Waals surface area contributed by atoms with E-state index in [1.807, 2.05) is 60.7 Å². The molecule has 0 spiro atoms. The lowest BCUT2D eigenvalue weighted by atomic mass is 9.99. The van der Waals surface area contributed by atoms with Crippen molar-refractivity contribution in [1.82, 2.24) is 10.2 Å². The third-order valence-electron chi connectivity index (χ3n) is 7.58. The summed E-state index contributed by atoms with van der Waals surface area (Å²) in [5.74, 6) is -1.36. The van der Waals surface area contributed by atoms with Crippen LogP contribution >= 0.6 is 50.9 Å². The lowest BCUT2D eigenvalue weighted by Crippen LogP contribution is -2.42. The second-order valence-corrected chi connectivity index (χ2v) is 13.7. The van der Waals surface area contributed by atoms with Crippen molar-refractivity contribution in [3.8, 4) is 5.75 Å². The quantitative estimate of drug-likeness (QED) is 0.0876. The van der Waals surface area contributed by atoms with E-state index in [2.05, 4.69) is 32.8 Å². The third kappa shape index (κ3) is 9.77. The fourth-order valence-corrected chi connectivity index (χ4v) is 6.76. The summed E-state index contributed by atoms with van der Waals surface area (Å²) in [6.07, 6.45) is 8.09. The maximum atomic E-state index is 14.2. The number of hydrogen-bond donors (Lipinski definition) is 1. The Balaban J connectivity index is 1.43. The van der Waals surface area contributed by atoms with Gasteiger partial charge in [-0.15, -0.1) is 0 Å². The molecule has 3 amide bonds. The van der Waals surface area contributed by atoms with E-state index >= 15 is 0 Å². The van der Waals surface area contributed by atoms with Crippen LogP contribution in [-0.4, -0.2) is 33.5 Å². The molecule has 7 nitrogen and oxygen atoms in total. The Kier molecular flexibility index (Phi) is 13.3. The predicted molar refractivity (Wildman–Crippen MR) is 211 cm³/mol. The number of nitrogens with one attached hydrogen (secondary N) is 1. The molecule has 258 valence electrons. The SMILES string of the molecule is C=C/C=C\C(=C/C)N1C(=O)/C(=C/c2cc(Br)ccc2OCc2ccc(Cl)cc2Cl)C(=O)N=C1SCC(=O)NC(c1ccccc1)c1ccccc1. The van der Waals surface area contributed by atoms with Crippen LogP contribution in [0, 0.1) is 0 Å². The normalized spacial score (nSPS) is 14.3. The zero-order chi connectivity index (χ0) is 36.3. The zero-order valence-electron chi connectivity index (χ0n) is 27.4. The smallest absolute Gasteiger partial charge is 0.285 e. The molecule has 0 saturated heterocycles. The number of aliphatic imine (C=N–C) groups is 1. The molecule has 0 bridgehead atoms. The van der Waals surface area contributed by atoms with Gasteiger partial charge in [-0.25, -0.2) is 0 Å². The summed E-state index contributed by atoms with van der Waals surface area (Å²) in [5, 5.41) is 4.11. The molecule has 51 heavy (non-hydrogen) atoms. The highest BCUT2D eigenvalue weighted by atomic mass is 79.9. The molecular formula is C40H32BrCl2N3O4S. The molecule has 0 aromatic heterocycles. The van der Waals surface area contributed by atoms with Gasteiger partial charge in [0.15, 0.2) is 5.17 Å². The van der Waals surface area contributed by atoms with Crippen LogP contribution < -0.4 is 10.1 Å². The van der Waals surface area contributed by atoms with Crippen LogP contribution in [0.1, 0.15) is 35.2 Å². The first-order valence-corrected chi connectivity index (χ1v) is 18.2. The van der Waals surface area contributed by atoms with Crippen molar-refractivity contribution >= 4 is 79.9 Å². The van der Waals surface area contributed by atoms with E-state index in [4.69, 9.17) is 27.9 Å². The molecule has 11 heteroatoms. The Morgan fingerprint density at radius 1 is 1.00 bits per heavy atom. The minimum absolute atomic E-state index is 0.0678. The van der Waals surface area contributed by atoms with Gasteiger partial charge in [0.25, 0.3) is 11.8 Å². The van der Waals surface area contributed by atoms with Crippen LogP contribution in [0.25, 0.3) is 6.08 Å². The summed E-state index contributed by atoms with van der Waals surface area (Å²) >= 11 is 16.9. The van der Waals surface area contributed by atoms with Gasteiger partial charge in [0, 0.05) is 31.3 Å². The Morgan fingerprint density at radius 2 is 1.69 bits per heavy atom. The fraction of sp³-hybridized carbons (Fsp3) is 0.100. The molecule has 4 aromatic rings. The molecule has 0 radical (unpaired) electrons. The number of thioether (sulfide) groups is 1. The van der Waals surface area contributed by atoms with Crippen molar-refractivity contribution < 1.29 is 19.1 Å². The van der Waals surface area contributed by atoms with Crippen LogP contribution in [0.15, 0.2) is 149 Å². The van der Waals surface area contributed by atoms with Crippen LogP contribution in [0.2, 0.25) is 10.0 Å². The zero-order valence-corrected chi connectivity index (χ0v) is 31.3. The highest BCUT2D eigenvalue weighted by Crippen LogP contribution is 2.32. The first kappa shape index (κ1) is 37.6. The number of hydrogen-bond acceptors (Lipinski definition) is 5. The minimum Gasteiger partial charge on any atom is -0.488 e. The second-order valence-electron chi connectivity index (χ2n) is 11.0. The molecule has 1 N–H and O–H groups in total. The number of amidine groups is 1. The van der Waals surface area contributed by atoms with E-state index in [1.54, 1.807) is 67.6 Å². The van der Waals surface area contributed by atoms with Gasteiger partial charge < -0.3 is 10.1 Å². The minimum atomic E-state index is -0.750. The van der Waals surface area contributed by atoms with Gasteiger partial charge >= 0.3 is 0 Å². The van der Waals surface area contributed by atoms with Gasteiger partial charge in [0.05, 0.1) is 11.8 Å². The Hall–Kier alpha value is -4.67. The van der Waals surface area contributed by atoms with Gasteiger partial charge in [-0.3, -0.25) is 19.3 Å². The number of halogens is 3. The van der Waals surface area contributed by atoms with Gasteiger partial charge in [-0.05, 0) is 60.5 Å². The largest absolute Gasteiger partial charge is 0.488 e. The number of amides is 3. The molecule has 1 aliphatic heterocycles. The van der Waals surface area contributed by atoms with Crippen molar-refractivity contribution in [3.05, 3.63) is 176 Å². The molecule has 0 fully saturated rings. The van der Waals surface area contributed by atoms with Crippen LogP contribution in [0.5, 0.6) is 5.75 Å². The highest BCUT2D eigenvalue weighted by Gasteiger charge is 2.35. The maximum absolute atomic E-state index is 14.2. The van der Waals surface area contributed by atoms with Gasteiger partial charge in [0.1, 0.15) is 17.9 Å². The van der Waals surface area contributed by atoms with Crippen LogP contribution in [-0.2, 0) is 21.0 Å². The molecule has 5 rings (SSSR count). The molecular weight excluding hydrogens is 769 g/mol. The van der Waals surface area contributed by atoms with E-state index < -0.39 is 17.9 Å². The average molecular weight is 802 g/mol. The van der Waals surface area contributed by atoms with Crippen molar-refractivity contribution in [2.75, 3.05) is 5.75 Å². The number of carbonyl (C=O) groups is 3. The first-order valence-electron chi connectivity index (χ1n) is 15.7. The average Bonchev–Trinajstić information content (AvgIpc) is 3.13. The summed E-state index contributed by atoms with van der Waals surface area (Å²) in [4.78, 5) is 46.9. The van der Waals surface area contributed by atoms with Gasteiger partial charge in [-0.2, -0.15) is 4.99 Å². The topological polar surface area (TPSA) is 88.1 Å². The van der Waals surface area contributed by atoms with Crippen LogP contribution in [0.4, 0.5) is 0 Å². The third-order valence-corrected chi connectivity index (χ3v) is 9.60. The summed E-state index contributed by atoms with van der Waals surface area (Å²) in [6, 6.07) is 29.2. The predicted octanol–water partition coefficient (Wildman–Crippen LogP) is 9.73. The summed E-state index contributed by atoms with van der Waals surface area (Å²) in [5.41, 5.74) is 3.26. The number of nitrogens with zero attached hydrogens (tertiary/aromatic N) is 2. The lowest BCUT2D eigenvalue weighted by molar-refractivity contribution is -0.126. The summed E-state index contributed by atoms with van der Waals surface area (Å²) < 4.78 is 6.80. The molecule has 1 aliphatic rings. The molecule has 0 aliphatic carbocycles. The van der Waals surface area contributed by atoms with E-state index in [-0.39, 0.29) is 29.0 Å². The highest BCUT2D eigenvalue weighted by molar-refractivity contribution is 9.10. The van der Waals surface area contributed by atoms with Crippen molar-refractivity contribution in [2.24, 2.45) is 4.99 Å². The molecule has 0 atom stereocenters. The van der Waals surface area contributed by atoms with Crippen molar-refractivity contribution in [1.29, 1.82) is 0 Å². The fourth-order valence-electron chi connectivity index (χ4n) is 5.11. The molecule has 0 unspecified atom stereocenters. The van der Waals surface area contributed by atoms with Gasteiger partial charge in [-0.1, -0.05) is 142 Å². The van der Waals surface area contributed by atoms with E-state index in [1.165, 1.54) is 11.0 Å². The summed E-state index contributed by atoms with van der Waals surface area (Å²) in [7, 11) is 0. The lowest BCUT2D eigenvalue weighted by Gasteiger charge is -2.28. The number of ether oxygens (including phenoxy) is 1. The van der Waals surface area contributed by atoms with E-state index in [0.717, 1.165) is 22.9 Å². The number of benzene rings is 4. The number of rotatable bonds is 12. The van der Waals surface area contributed by atoms with Crippen molar-refractivity contribution in [2.45, 2.75) is 19.6 Å². The molecule has 1 heterocycles. The Labute approximate surface area is 319 Å². The molecule has 0 saturated carbocycles. The Bertz CT molecular complexity index is 2030. The second kappa shape index (κ2) is 18.0. The number of carbonyl (C=O) groups excluding carboxylic acids is 3. The molecule has 4 aromatic carbocycles. The standard InChI is InChI=1S/C40H32BrCl2N3O4S/c1-3-5-16-32(4-2)46-39(49)33(22-29-21-30(41)18-20-35(29)50-24-28-17-19-31(42)23-34(28)43)38(48)45-40(46)51-25-36(47)44-37(26-12-8-6-9-13-26)27-14-10-7-11-15-27/h3-23,37H,1,24-25H2,2H3,(H,44,47)/b16-5-,32-4+,33-22+. The van der Waals surface area contributed by atoms with Crippen LogP contribution in [0.3, 0.4) is 0 Å². The summed E-state index contributed by atoms with van der Waals surface area (Å²) in [6.45, 7) is 5.61. The number of allylic oxidation sites excluding steroid dienone is 4. The van der Waals surface area contributed by atoms with E-state index in [9.17, 15) is 14.4 Å². The maximum Gasteiger partial charge on any atom is 0.285 e. The van der Waals surface area contributed by atoms with E-state index in [0.29, 0.717) is 37.1 Å². The Morgan fingerprint density at radius 3 is 2.31 bits per heavy atom. The van der Waals surface area contributed by atoms with Crippen molar-refractivity contribution in [3.63, 3.8) is 0 Å². The first-order chi connectivity index (χ1) is 24.7.